The van der Waals surface area contributed by atoms with E-state index in [4.69, 9.17) is 4.74 Å². The van der Waals surface area contributed by atoms with Gasteiger partial charge in [-0.3, -0.25) is 0 Å². The molecule has 0 aliphatic carbocycles. The number of para-hydroxylation sites is 1. The third-order valence-corrected chi connectivity index (χ3v) is 2.50. The summed E-state index contributed by atoms with van der Waals surface area (Å²) in [7, 11) is 0. The first-order valence-corrected chi connectivity index (χ1v) is 5.24. The molecular formula is C12H17NO. The summed E-state index contributed by atoms with van der Waals surface area (Å²) >= 11 is 0. The van der Waals surface area contributed by atoms with Crippen LogP contribution in [0.2, 0.25) is 0 Å². The van der Waals surface area contributed by atoms with Crippen molar-refractivity contribution >= 4 is 0 Å². The molecule has 1 aromatic carbocycles. The van der Waals surface area contributed by atoms with Gasteiger partial charge in [0.25, 0.3) is 0 Å². The summed E-state index contributed by atoms with van der Waals surface area (Å²) < 4.78 is 5.62. The van der Waals surface area contributed by atoms with Gasteiger partial charge in [-0.2, -0.15) is 0 Å². The number of nitrogens with one attached hydrogen (secondary N) is 1. The zero-order valence-corrected chi connectivity index (χ0v) is 8.84. The fourth-order valence-electron chi connectivity index (χ4n) is 1.74. The van der Waals surface area contributed by atoms with Crippen LogP contribution in [0.4, 0.5) is 0 Å². The van der Waals surface area contributed by atoms with E-state index in [0.29, 0.717) is 6.04 Å². The van der Waals surface area contributed by atoms with Crippen LogP contribution in [-0.2, 0) is 13.0 Å². The number of fused-ring (bicyclic) bond motifs is 1. The SMILES string of the molecule is CC(C)NCc1cccc2c1OCC2. The van der Waals surface area contributed by atoms with Crippen LogP contribution in [0.3, 0.4) is 0 Å². The minimum Gasteiger partial charge on any atom is -0.493 e. The predicted octanol–water partition coefficient (Wildman–Crippen LogP) is 2.12. The summed E-state index contributed by atoms with van der Waals surface area (Å²) in [5.41, 5.74) is 2.64. The van der Waals surface area contributed by atoms with Gasteiger partial charge < -0.3 is 10.1 Å². The standard InChI is InChI=1S/C12H17NO/c1-9(2)13-8-11-5-3-4-10-6-7-14-12(10)11/h3-5,9,13H,6-8H2,1-2H3. The van der Waals surface area contributed by atoms with E-state index < -0.39 is 0 Å². The molecule has 0 amide bonds. The zero-order chi connectivity index (χ0) is 9.97. The van der Waals surface area contributed by atoms with Gasteiger partial charge in [-0.15, -0.1) is 0 Å². The maximum absolute atomic E-state index is 5.62. The van der Waals surface area contributed by atoms with Crippen LogP contribution in [0.15, 0.2) is 18.2 Å². The van der Waals surface area contributed by atoms with Gasteiger partial charge in [-0.25, -0.2) is 0 Å². The van der Waals surface area contributed by atoms with Crippen molar-refractivity contribution in [2.75, 3.05) is 6.61 Å². The highest BCUT2D eigenvalue weighted by Gasteiger charge is 2.15. The number of benzene rings is 1. The Morgan fingerprint density at radius 1 is 1.43 bits per heavy atom. The van der Waals surface area contributed by atoms with E-state index in [1.807, 2.05) is 0 Å². The van der Waals surface area contributed by atoms with Crippen LogP contribution in [-0.4, -0.2) is 12.6 Å². The van der Waals surface area contributed by atoms with Crippen molar-refractivity contribution in [3.63, 3.8) is 0 Å². The van der Waals surface area contributed by atoms with Crippen molar-refractivity contribution < 1.29 is 4.74 Å². The van der Waals surface area contributed by atoms with Gasteiger partial charge in [0.2, 0.25) is 0 Å². The van der Waals surface area contributed by atoms with Crippen LogP contribution in [0, 0.1) is 0 Å². The molecule has 2 nitrogen and oxygen atoms in total. The Morgan fingerprint density at radius 3 is 3.07 bits per heavy atom. The third-order valence-electron chi connectivity index (χ3n) is 2.50. The summed E-state index contributed by atoms with van der Waals surface area (Å²) in [6.45, 7) is 6.06. The van der Waals surface area contributed by atoms with E-state index in [9.17, 15) is 0 Å². The van der Waals surface area contributed by atoms with Gasteiger partial charge in [-0.1, -0.05) is 32.0 Å². The monoisotopic (exact) mass is 191 g/mol. The lowest BCUT2D eigenvalue weighted by Crippen LogP contribution is -2.22. The maximum Gasteiger partial charge on any atom is 0.127 e. The third kappa shape index (κ3) is 1.90. The van der Waals surface area contributed by atoms with Crippen molar-refractivity contribution in [1.82, 2.24) is 5.32 Å². The summed E-state index contributed by atoms with van der Waals surface area (Å²) in [4.78, 5) is 0. The molecule has 2 heteroatoms. The lowest BCUT2D eigenvalue weighted by atomic mass is 10.1. The Labute approximate surface area is 85.3 Å². The van der Waals surface area contributed by atoms with Crippen LogP contribution < -0.4 is 10.1 Å². The van der Waals surface area contributed by atoms with E-state index in [2.05, 4.69) is 37.4 Å². The van der Waals surface area contributed by atoms with E-state index in [-0.39, 0.29) is 0 Å². The quantitative estimate of drug-likeness (QED) is 0.790. The minimum absolute atomic E-state index is 0.521. The highest BCUT2D eigenvalue weighted by molar-refractivity contribution is 5.43. The van der Waals surface area contributed by atoms with Crippen molar-refractivity contribution in [1.29, 1.82) is 0 Å². The van der Waals surface area contributed by atoms with E-state index in [1.165, 1.54) is 11.1 Å². The van der Waals surface area contributed by atoms with E-state index in [0.717, 1.165) is 25.3 Å². The Bertz CT molecular complexity index is 320. The topological polar surface area (TPSA) is 21.3 Å². The van der Waals surface area contributed by atoms with Gasteiger partial charge in [-0.05, 0) is 5.56 Å². The fourth-order valence-corrected chi connectivity index (χ4v) is 1.74. The van der Waals surface area contributed by atoms with Gasteiger partial charge >= 0.3 is 0 Å². The second kappa shape index (κ2) is 4.01. The Morgan fingerprint density at radius 2 is 2.29 bits per heavy atom. The number of rotatable bonds is 3. The van der Waals surface area contributed by atoms with Crippen molar-refractivity contribution in [3.05, 3.63) is 29.3 Å². The molecule has 1 aromatic rings. The molecule has 0 saturated heterocycles. The van der Waals surface area contributed by atoms with Crippen LogP contribution in [0.5, 0.6) is 5.75 Å². The minimum atomic E-state index is 0.521. The van der Waals surface area contributed by atoms with Crippen molar-refractivity contribution in [2.24, 2.45) is 0 Å². The average Bonchev–Trinajstić information content (AvgIpc) is 2.62. The lowest BCUT2D eigenvalue weighted by molar-refractivity contribution is 0.352. The summed E-state index contributed by atoms with van der Waals surface area (Å²) in [6.07, 6.45) is 1.06. The van der Waals surface area contributed by atoms with Crippen LogP contribution in [0.1, 0.15) is 25.0 Å². The van der Waals surface area contributed by atoms with Gasteiger partial charge in [0.05, 0.1) is 6.61 Å². The fraction of sp³-hybridized carbons (Fsp3) is 0.500. The smallest absolute Gasteiger partial charge is 0.127 e. The van der Waals surface area contributed by atoms with Crippen LogP contribution >= 0.6 is 0 Å². The second-order valence-corrected chi connectivity index (χ2v) is 4.04. The molecule has 1 aliphatic rings. The van der Waals surface area contributed by atoms with E-state index >= 15 is 0 Å². The summed E-state index contributed by atoms with van der Waals surface area (Å²) in [5, 5.41) is 3.41. The first-order chi connectivity index (χ1) is 6.77. The Kier molecular flexibility index (Phi) is 2.73. The number of hydrogen-bond acceptors (Lipinski definition) is 2. The average molecular weight is 191 g/mol. The van der Waals surface area contributed by atoms with Crippen LogP contribution in [0.25, 0.3) is 0 Å². The second-order valence-electron chi connectivity index (χ2n) is 4.04. The molecule has 0 radical (unpaired) electrons. The van der Waals surface area contributed by atoms with Crippen molar-refractivity contribution in [3.8, 4) is 5.75 Å². The van der Waals surface area contributed by atoms with E-state index in [1.54, 1.807) is 0 Å². The predicted molar refractivity (Wildman–Crippen MR) is 57.6 cm³/mol. The zero-order valence-electron chi connectivity index (χ0n) is 8.84. The highest BCUT2D eigenvalue weighted by atomic mass is 16.5. The maximum atomic E-state index is 5.62. The summed E-state index contributed by atoms with van der Waals surface area (Å²) in [6, 6.07) is 6.93. The summed E-state index contributed by atoms with van der Waals surface area (Å²) in [5.74, 6) is 1.11. The molecule has 0 bridgehead atoms. The normalized spacial score (nSPS) is 14.2. The molecule has 0 saturated carbocycles. The Balaban J connectivity index is 2.14. The molecule has 76 valence electrons. The lowest BCUT2D eigenvalue weighted by Gasteiger charge is -2.11. The molecule has 1 heterocycles. The molecule has 1 N–H and O–H groups in total. The molecule has 2 rings (SSSR count). The Hall–Kier alpha value is -1.02. The largest absolute Gasteiger partial charge is 0.493 e. The van der Waals surface area contributed by atoms with Gasteiger partial charge in [0.1, 0.15) is 5.75 Å². The molecule has 0 aromatic heterocycles. The first kappa shape index (κ1) is 9.53. The molecule has 0 spiro atoms. The molecular weight excluding hydrogens is 174 g/mol. The van der Waals surface area contributed by atoms with Gasteiger partial charge in [0, 0.05) is 24.6 Å². The molecule has 0 unspecified atom stereocenters. The molecule has 1 aliphatic heterocycles. The molecule has 0 fully saturated rings. The van der Waals surface area contributed by atoms with Gasteiger partial charge in [0.15, 0.2) is 0 Å². The molecule has 0 atom stereocenters. The first-order valence-electron chi connectivity index (χ1n) is 5.24. The van der Waals surface area contributed by atoms with Crippen molar-refractivity contribution in [2.45, 2.75) is 32.9 Å². The number of hydrogen-bond donors (Lipinski definition) is 1. The highest BCUT2D eigenvalue weighted by Crippen LogP contribution is 2.29. The number of ether oxygens (including phenoxy) is 1. The molecule has 14 heavy (non-hydrogen) atoms.